The number of rotatable bonds is 7. The van der Waals surface area contributed by atoms with E-state index in [0.29, 0.717) is 42.8 Å². The number of nitrogens with zero attached hydrogens (tertiary/aromatic N) is 4. The van der Waals surface area contributed by atoms with Gasteiger partial charge < -0.3 is 23.9 Å². The second-order valence-electron chi connectivity index (χ2n) is 8.16. The zero-order valence-corrected chi connectivity index (χ0v) is 19.0. The molecule has 11 heteroatoms. The predicted octanol–water partition coefficient (Wildman–Crippen LogP) is 4.79. The molecule has 1 fully saturated rings. The molecule has 1 amide bonds. The number of carbonyl (C=O) groups is 2. The first-order chi connectivity index (χ1) is 17.5. The Balaban J connectivity index is 1.23. The number of amides is 1. The van der Waals surface area contributed by atoms with Gasteiger partial charge in [0, 0.05) is 24.9 Å². The first-order valence-corrected chi connectivity index (χ1v) is 11.3. The lowest BCUT2D eigenvalue weighted by Crippen LogP contribution is -2.38. The molecule has 184 valence electrons. The van der Waals surface area contributed by atoms with Gasteiger partial charge in [0.1, 0.15) is 5.52 Å². The monoisotopic (exact) mass is 492 g/mol. The van der Waals surface area contributed by atoms with Crippen LogP contribution < -0.4 is 4.74 Å². The van der Waals surface area contributed by atoms with Crippen molar-refractivity contribution in [1.82, 2.24) is 19.9 Å². The van der Waals surface area contributed by atoms with E-state index in [4.69, 9.17) is 19.0 Å². The van der Waals surface area contributed by atoms with Gasteiger partial charge in [-0.05, 0) is 42.7 Å². The molecule has 2 aromatic heterocycles. The number of ether oxygens (including phenoxy) is 2. The molecule has 10 nitrogen and oxygen atoms in total. The minimum Gasteiger partial charge on any atom is -0.450 e. The van der Waals surface area contributed by atoms with Crippen LogP contribution in [0, 0.1) is 5.82 Å². The van der Waals surface area contributed by atoms with Crippen LogP contribution in [-0.2, 0) is 16.0 Å². The van der Waals surface area contributed by atoms with Crippen LogP contribution in [0.2, 0.25) is 0 Å². The Morgan fingerprint density at radius 3 is 2.72 bits per heavy atom. The summed E-state index contributed by atoms with van der Waals surface area (Å²) in [5.74, 6) is -0.347. The van der Waals surface area contributed by atoms with Gasteiger partial charge in [-0.1, -0.05) is 24.3 Å². The standard InChI is InChI=1S/C25H21FN4O6/c26-17-4-1-2-5-19(17)34-24-27-14-18-23(29-24)36-22(28-18)16-10-7-15(8-11-16)9-12-20(31)30-13-3-6-21(30)35-25(32)33/h1-2,4-5,7-8,10-11,14,21H,3,6,9,12-13H2,(H,32,33)/t21-/m0/s1. The van der Waals surface area contributed by atoms with Crippen LogP contribution in [0.1, 0.15) is 24.8 Å². The summed E-state index contributed by atoms with van der Waals surface area (Å²) in [5.41, 5.74) is 2.25. The number of para-hydroxylation sites is 1. The predicted molar refractivity (Wildman–Crippen MR) is 124 cm³/mol. The molecule has 0 radical (unpaired) electrons. The van der Waals surface area contributed by atoms with Gasteiger partial charge in [-0.3, -0.25) is 4.79 Å². The molecule has 1 aliphatic rings. The summed E-state index contributed by atoms with van der Waals surface area (Å²) in [4.78, 5) is 37.5. The van der Waals surface area contributed by atoms with Gasteiger partial charge in [0.05, 0.1) is 6.20 Å². The third kappa shape index (κ3) is 5.09. The quantitative estimate of drug-likeness (QED) is 0.362. The maximum Gasteiger partial charge on any atom is 0.507 e. The highest BCUT2D eigenvalue weighted by molar-refractivity contribution is 5.77. The van der Waals surface area contributed by atoms with Crippen molar-refractivity contribution >= 4 is 23.3 Å². The molecule has 1 saturated heterocycles. The highest BCUT2D eigenvalue weighted by atomic mass is 19.1. The highest BCUT2D eigenvalue weighted by Gasteiger charge is 2.31. The van der Waals surface area contributed by atoms with Gasteiger partial charge in [-0.2, -0.15) is 4.98 Å². The van der Waals surface area contributed by atoms with Crippen molar-refractivity contribution in [2.24, 2.45) is 0 Å². The van der Waals surface area contributed by atoms with E-state index >= 15 is 0 Å². The maximum atomic E-state index is 13.8. The average Bonchev–Trinajstić information content (AvgIpc) is 3.50. The summed E-state index contributed by atoms with van der Waals surface area (Å²) in [6, 6.07) is 13.2. The van der Waals surface area contributed by atoms with E-state index in [1.165, 1.54) is 23.2 Å². The zero-order valence-electron chi connectivity index (χ0n) is 19.0. The van der Waals surface area contributed by atoms with Crippen molar-refractivity contribution in [3.8, 4) is 23.2 Å². The molecular weight excluding hydrogens is 471 g/mol. The first-order valence-electron chi connectivity index (χ1n) is 11.3. The Labute approximate surface area is 204 Å². The number of carboxylic acid groups (broad SMARTS) is 1. The second kappa shape index (κ2) is 9.98. The third-order valence-electron chi connectivity index (χ3n) is 5.75. The highest BCUT2D eigenvalue weighted by Crippen LogP contribution is 2.27. The maximum absolute atomic E-state index is 13.8. The lowest BCUT2D eigenvalue weighted by molar-refractivity contribution is -0.138. The molecule has 0 bridgehead atoms. The normalized spacial score (nSPS) is 15.2. The van der Waals surface area contributed by atoms with Crippen LogP contribution in [-0.4, -0.2) is 49.8 Å². The fourth-order valence-corrected chi connectivity index (χ4v) is 3.99. The number of hydrogen-bond acceptors (Lipinski definition) is 8. The van der Waals surface area contributed by atoms with E-state index in [1.807, 2.05) is 24.3 Å². The van der Waals surface area contributed by atoms with E-state index in [-0.39, 0.29) is 29.8 Å². The Bertz CT molecular complexity index is 1410. The number of benzene rings is 2. The van der Waals surface area contributed by atoms with E-state index in [2.05, 4.69) is 15.0 Å². The number of oxazole rings is 1. The van der Waals surface area contributed by atoms with E-state index in [0.717, 1.165) is 5.56 Å². The summed E-state index contributed by atoms with van der Waals surface area (Å²) in [6.45, 7) is 0.489. The average molecular weight is 492 g/mol. The fourth-order valence-electron chi connectivity index (χ4n) is 3.99. The van der Waals surface area contributed by atoms with Crippen molar-refractivity contribution in [1.29, 1.82) is 0 Å². The molecule has 4 aromatic rings. The molecule has 0 unspecified atom stereocenters. The van der Waals surface area contributed by atoms with Crippen molar-refractivity contribution in [3.63, 3.8) is 0 Å². The summed E-state index contributed by atoms with van der Waals surface area (Å²) >= 11 is 0. The van der Waals surface area contributed by atoms with Crippen LogP contribution in [0.5, 0.6) is 11.8 Å². The van der Waals surface area contributed by atoms with Crippen LogP contribution in [0.3, 0.4) is 0 Å². The Morgan fingerprint density at radius 1 is 1.14 bits per heavy atom. The first kappa shape index (κ1) is 23.2. The third-order valence-corrected chi connectivity index (χ3v) is 5.75. The number of carbonyl (C=O) groups excluding carboxylic acids is 1. The molecule has 2 aromatic carbocycles. The Morgan fingerprint density at radius 2 is 1.94 bits per heavy atom. The summed E-state index contributed by atoms with van der Waals surface area (Å²) in [7, 11) is 0. The summed E-state index contributed by atoms with van der Waals surface area (Å²) in [5, 5.41) is 8.83. The minimum atomic E-state index is -1.38. The van der Waals surface area contributed by atoms with Gasteiger partial charge in [-0.25, -0.2) is 19.2 Å². The Hall–Kier alpha value is -4.54. The number of aryl methyl sites for hydroxylation is 1. The molecule has 1 N–H and O–H groups in total. The van der Waals surface area contributed by atoms with Crippen LogP contribution >= 0.6 is 0 Å². The number of fused-ring (bicyclic) bond motifs is 1. The van der Waals surface area contributed by atoms with Gasteiger partial charge in [0.25, 0.3) is 5.71 Å². The van der Waals surface area contributed by atoms with Gasteiger partial charge in [0.2, 0.25) is 11.8 Å². The smallest absolute Gasteiger partial charge is 0.450 e. The van der Waals surface area contributed by atoms with Crippen LogP contribution in [0.15, 0.2) is 59.1 Å². The van der Waals surface area contributed by atoms with Crippen molar-refractivity contribution in [3.05, 3.63) is 66.1 Å². The van der Waals surface area contributed by atoms with Crippen molar-refractivity contribution < 1.29 is 33.0 Å². The second-order valence-corrected chi connectivity index (χ2v) is 8.16. The number of likely N-dealkylation sites (tertiary alicyclic amines) is 1. The molecule has 36 heavy (non-hydrogen) atoms. The summed E-state index contributed by atoms with van der Waals surface area (Å²) in [6.07, 6.45) is 1.30. The lowest BCUT2D eigenvalue weighted by atomic mass is 10.1. The molecule has 5 rings (SSSR count). The van der Waals surface area contributed by atoms with Crippen molar-refractivity contribution in [2.45, 2.75) is 31.9 Å². The molecule has 0 saturated carbocycles. The molecule has 1 aliphatic heterocycles. The molecule has 3 heterocycles. The van der Waals surface area contributed by atoms with Gasteiger partial charge >= 0.3 is 12.2 Å². The van der Waals surface area contributed by atoms with E-state index in [1.54, 1.807) is 12.1 Å². The van der Waals surface area contributed by atoms with E-state index in [9.17, 15) is 14.0 Å². The molecule has 0 aliphatic carbocycles. The van der Waals surface area contributed by atoms with Crippen LogP contribution in [0.25, 0.3) is 22.7 Å². The number of aromatic nitrogens is 3. The fraction of sp³-hybridized carbons (Fsp3) is 0.240. The molecule has 1 atom stereocenters. The topological polar surface area (TPSA) is 128 Å². The van der Waals surface area contributed by atoms with Crippen molar-refractivity contribution in [2.75, 3.05) is 6.54 Å². The molecular formula is C25H21FN4O6. The number of halogens is 1. The largest absolute Gasteiger partial charge is 0.507 e. The summed E-state index contributed by atoms with van der Waals surface area (Å²) < 4.78 is 29.8. The minimum absolute atomic E-state index is 0.000299. The number of hydrogen-bond donors (Lipinski definition) is 1. The zero-order chi connectivity index (χ0) is 25.1. The molecule has 0 spiro atoms. The van der Waals surface area contributed by atoms with E-state index < -0.39 is 18.2 Å². The lowest BCUT2D eigenvalue weighted by Gasteiger charge is -2.23. The van der Waals surface area contributed by atoms with Crippen LogP contribution in [0.4, 0.5) is 9.18 Å². The SMILES string of the molecule is O=C(O)O[C@H]1CCCN1C(=O)CCc1ccc(-c2nc3cnc(Oc4ccccc4F)nc3o2)cc1. The van der Waals surface area contributed by atoms with Gasteiger partial charge in [0.15, 0.2) is 17.8 Å². The van der Waals surface area contributed by atoms with Gasteiger partial charge in [-0.15, -0.1) is 0 Å². The Kier molecular flexibility index (Phi) is 6.44.